The second-order valence-electron chi connectivity index (χ2n) is 13.7. The summed E-state index contributed by atoms with van der Waals surface area (Å²) in [6.45, 7) is 14.0. The van der Waals surface area contributed by atoms with Crippen molar-refractivity contribution in [1.29, 1.82) is 0 Å². The highest BCUT2D eigenvalue weighted by molar-refractivity contribution is 7.13. The molecule has 0 aliphatic carbocycles. The van der Waals surface area contributed by atoms with Gasteiger partial charge in [0.15, 0.2) is 5.13 Å². The number of hydrogen-bond acceptors (Lipinski definition) is 6. The van der Waals surface area contributed by atoms with E-state index in [9.17, 15) is 14.7 Å². The van der Waals surface area contributed by atoms with Crippen molar-refractivity contribution in [1.82, 2.24) is 4.98 Å². The number of nitrogens with zero attached hydrogens (tertiary/aromatic N) is 2. The normalized spacial score (nSPS) is 11.8. The van der Waals surface area contributed by atoms with E-state index in [1.165, 1.54) is 16.9 Å². The fourth-order valence-corrected chi connectivity index (χ4v) is 5.39. The third kappa shape index (κ3) is 9.41. The van der Waals surface area contributed by atoms with Gasteiger partial charge in [-0.3, -0.25) is 9.69 Å². The maximum Gasteiger partial charge on any atom is 0.335 e. The first-order chi connectivity index (χ1) is 20.7. The van der Waals surface area contributed by atoms with Crippen molar-refractivity contribution >= 4 is 45.4 Å². The molecule has 0 spiro atoms. The summed E-state index contributed by atoms with van der Waals surface area (Å²) in [5, 5.41) is 15.4. The number of carbonyl (C=O) groups excluding carboxylic acids is 1. The van der Waals surface area contributed by atoms with Gasteiger partial charge >= 0.3 is 5.97 Å². The number of hydrogen-bond donors (Lipinski definition) is 3. The Hall–Kier alpha value is -4.17. The number of carbonyl (C=O) groups is 2. The highest BCUT2D eigenvalue weighted by atomic mass is 32.1. The molecule has 4 rings (SSSR count). The van der Waals surface area contributed by atoms with E-state index < -0.39 is 5.97 Å². The van der Waals surface area contributed by atoms with Gasteiger partial charge in [-0.25, -0.2) is 9.78 Å². The van der Waals surface area contributed by atoms with Gasteiger partial charge in [-0.2, -0.15) is 0 Å². The Kier molecular flexibility index (Phi) is 10.1. The summed E-state index contributed by atoms with van der Waals surface area (Å²) in [6, 6.07) is 21.0. The van der Waals surface area contributed by atoms with Gasteiger partial charge in [0.2, 0.25) is 5.91 Å². The number of aromatic nitrogens is 1. The van der Waals surface area contributed by atoms with E-state index in [0.717, 1.165) is 48.3 Å². The molecule has 4 aromatic rings. The number of aromatic carboxylic acids is 1. The molecule has 0 saturated heterocycles. The molecule has 0 atom stereocenters. The van der Waals surface area contributed by atoms with Crippen LogP contribution in [0.1, 0.15) is 76.0 Å². The largest absolute Gasteiger partial charge is 0.478 e. The van der Waals surface area contributed by atoms with Crippen molar-refractivity contribution in [3.8, 4) is 11.1 Å². The van der Waals surface area contributed by atoms with Gasteiger partial charge in [0.25, 0.3) is 0 Å². The molecule has 7 nitrogen and oxygen atoms in total. The van der Waals surface area contributed by atoms with Gasteiger partial charge < -0.3 is 16.2 Å². The van der Waals surface area contributed by atoms with Crippen molar-refractivity contribution < 1.29 is 14.7 Å². The van der Waals surface area contributed by atoms with E-state index in [0.29, 0.717) is 16.5 Å². The molecule has 44 heavy (non-hydrogen) atoms. The fraction of sp³-hybridized carbons (Fsp3) is 0.361. The Labute approximate surface area is 265 Å². The molecule has 1 amide bonds. The lowest BCUT2D eigenvalue weighted by molar-refractivity contribution is -0.117. The molecule has 1 heterocycles. The zero-order valence-corrected chi connectivity index (χ0v) is 27.4. The first-order valence-corrected chi connectivity index (χ1v) is 15.9. The van der Waals surface area contributed by atoms with Crippen LogP contribution in [0.3, 0.4) is 0 Å². The van der Waals surface area contributed by atoms with Gasteiger partial charge in [0.05, 0.1) is 23.4 Å². The van der Waals surface area contributed by atoms with Crippen LogP contribution < -0.4 is 16.0 Å². The molecule has 0 unspecified atom stereocenters. The Morgan fingerprint density at radius 2 is 1.59 bits per heavy atom. The van der Waals surface area contributed by atoms with E-state index in [1.54, 1.807) is 23.1 Å². The van der Waals surface area contributed by atoms with Crippen LogP contribution >= 0.6 is 11.3 Å². The summed E-state index contributed by atoms with van der Waals surface area (Å²) in [5.41, 5.74) is 12.1. The lowest BCUT2D eigenvalue weighted by atomic mass is 9.89. The van der Waals surface area contributed by atoms with E-state index in [4.69, 9.17) is 5.73 Å². The standard InChI is InChI=1S/C36H44N4O3S/c1-35(2,3)15-14-24-10-12-30(13-11-24)40(32(41)22-29-23-44-34(37)39-29)31-20-27(25-8-7-9-26(18-25)33(42)43)19-28(21-31)38-17-16-36(4,5)6/h7-13,18-21,23,38H,14-17,22H2,1-6H3,(H2,37,39)(H,42,43). The van der Waals surface area contributed by atoms with Crippen LogP contribution in [0.2, 0.25) is 0 Å². The van der Waals surface area contributed by atoms with Crippen LogP contribution in [0.25, 0.3) is 11.1 Å². The van der Waals surface area contributed by atoms with Crippen molar-refractivity contribution in [3.05, 3.63) is 88.9 Å². The van der Waals surface area contributed by atoms with Crippen molar-refractivity contribution in [2.45, 2.75) is 67.2 Å². The number of anilines is 4. The quantitative estimate of drug-likeness (QED) is 0.156. The zero-order valence-electron chi connectivity index (χ0n) is 26.6. The molecule has 0 aliphatic rings. The maximum atomic E-state index is 14.1. The molecule has 0 radical (unpaired) electrons. The molecule has 1 aromatic heterocycles. The van der Waals surface area contributed by atoms with Gasteiger partial charge in [-0.05, 0) is 89.2 Å². The zero-order chi connectivity index (χ0) is 32.1. The Balaban J connectivity index is 1.79. The van der Waals surface area contributed by atoms with Crippen molar-refractivity contribution in [2.75, 3.05) is 22.5 Å². The molecule has 0 aliphatic heterocycles. The van der Waals surface area contributed by atoms with Crippen LogP contribution in [0.5, 0.6) is 0 Å². The minimum absolute atomic E-state index is 0.0883. The summed E-state index contributed by atoms with van der Waals surface area (Å²) in [5.74, 6) is -1.13. The van der Waals surface area contributed by atoms with Gasteiger partial charge in [0.1, 0.15) is 0 Å². The SMILES string of the molecule is CC(C)(C)CCNc1cc(-c2cccc(C(=O)O)c2)cc(N(C(=O)Cc2csc(N)n2)c2ccc(CCC(C)(C)C)cc2)c1. The Bertz CT molecular complexity index is 1600. The number of thiazole rings is 1. The average Bonchev–Trinajstić information content (AvgIpc) is 3.35. The minimum Gasteiger partial charge on any atom is -0.478 e. The third-order valence-corrected chi connectivity index (χ3v) is 8.06. The number of rotatable bonds is 11. The number of nitrogen functional groups attached to an aromatic ring is 1. The summed E-state index contributed by atoms with van der Waals surface area (Å²) >= 11 is 1.31. The molecular weight excluding hydrogens is 568 g/mol. The van der Waals surface area contributed by atoms with E-state index >= 15 is 0 Å². The molecule has 0 saturated carbocycles. The van der Waals surface area contributed by atoms with Crippen molar-refractivity contribution in [2.24, 2.45) is 10.8 Å². The van der Waals surface area contributed by atoms with Crippen molar-refractivity contribution in [3.63, 3.8) is 0 Å². The molecule has 8 heteroatoms. The smallest absolute Gasteiger partial charge is 0.335 e. The second-order valence-corrected chi connectivity index (χ2v) is 14.6. The van der Waals surface area contributed by atoms with Crippen LogP contribution in [-0.4, -0.2) is 28.5 Å². The summed E-state index contributed by atoms with van der Waals surface area (Å²) < 4.78 is 0. The monoisotopic (exact) mass is 612 g/mol. The fourth-order valence-electron chi connectivity index (χ4n) is 4.83. The number of aryl methyl sites for hydroxylation is 1. The van der Waals surface area contributed by atoms with E-state index in [2.05, 4.69) is 64.0 Å². The van der Waals surface area contributed by atoms with Gasteiger partial charge in [-0.1, -0.05) is 65.8 Å². The Morgan fingerprint density at radius 1 is 0.886 bits per heavy atom. The molecule has 0 fully saturated rings. The number of carboxylic acids is 1. The molecule has 3 aromatic carbocycles. The third-order valence-electron chi connectivity index (χ3n) is 7.33. The van der Waals surface area contributed by atoms with Gasteiger partial charge in [-0.15, -0.1) is 11.3 Å². The summed E-state index contributed by atoms with van der Waals surface area (Å²) in [4.78, 5) is 31.9. The van der Waals surface area contributed by atoms with E-state index in [1.807, 2.05) is 41.8 Å². The molecule has 232 valence electrons. The lowest BCUT2D eigenvalue weighted by Gasteiger charge is -2.26. The first-order valence-electron chi connectivity index (χ1n) is 15.0. The van der Waals surface area contributed by atoms with Crippen LogP contribution in [-0.2, 0) is 17.6 Å². The Morgan fingerprint density at radius 3 is 2.20 bits per heavy atom. The van der Waals surface area contributed by atoms with E-state index in [-0.39, 0.29) is 28.7 Å². The molecule has 4 N–H and O–H groups in total. The van der Waals surface area contributed by atoms with Crippen LogP contribution in [0.4, 0.5) is 22.2 Å². The predicted octanol–water partition coefficient (Wildman–Crippen LogP) is 8.82. The maximum absolute atomic E-state index is 14.1. The van der Waals surface area contributed by atoms with Crippen LogP contribution in [0, 0.1) is 10.8 Å². The lowest BCUT2D eigenvalue weighted by Crippen LogP contribution is -2.28. The van der Waals surface area contributed by atoms with Crippen LogP contribution in [0.15, 0.2) is 72.1 Å². The highest BCUT2D eigenvalue weighted by Gasteiger charge is 2.22. The van der Waals surface area contributed by atoms with Gasteiger partial charge in [0, 0.05) is 23.3 Å². The molecule has 0 bridgehead atoms. The summed E-state index contributed by atoms with van der Waals surface area (Å²) in [6.07, 6.45) is 3.05. The molecular formula is C36H44N4O3S. The number of carboxylic acid groups (broad SMARTS) is 1. The minimum atomic E-state index is -0.988. The highest BCUT2D eigenvalue weighted by Crippen LogP contribution is 2.35. The predicted molar refractivity (Wildman–Crippen MR) is 183 cm³/mol. The number of nitrogens with two attached hydrogens (primary N) is 1. The topological polar surface area (TPSA) is 109 Å². The number of amides is 1. The number of nitrogens with one attached hydrogen (secondary N) is 1. The summed E-state index contributed by atoms with van der Waals surface area (Å²) in [7, 11) is 0. The average molecular weight is 613 g/mol. The second kappa shape index (κ2) is 13.6. The first kappa shape index (κ1) is 32.7. The number of benzene rings is 3.